The summed E-state index contributed by atoms with van der Waals surface area (Å²) in [4.78, 5) is 30.2. The van der Waals surface area contributed by atoms with Crippen LogP contribution < -0.4 is 0 Å². The Morgan fingerprint density at radius 3 is 2.30 bits per heavy atom. The predicted molar refractivity (Wildman–Crippen MR) is 174 cm³/mol. The molecule has 1 aromatic carbocycles. The van der Waals surface area contributed by atoms with Crippen molar-refractivity contribution in [3.63, 3.8) is 0 Å². The Morgan fingerprint density at radius 2 is 1.57 bits per heavy atom. The van der Waals surface area contributed by atoms with E-state index in [1.165, 1.54) is 25.7 Å². The molecule has 242 valence electrons. The number of carbonyl (C=O) groups excluding carboxylic acids is 2. The van der Waals surface area contributed by atoms with E-state index >= 15 is 0 Å². The first kappa shape index (κ1) is 31.8. The van der Waals surface area contributed by atoms with Crippen LogP contribution in [0.1, 0.15) is 97.5 Å². The fourth-order valence-corrected chi connectivity index (χ4v) is 11.2. The molecule has 1 aromatic rings. The monoisotopic (exact) mass is 604 g/mol. The van der Waals surface area contributed by atoms with Crippen molar-refractivity contribution in [3.8, 4) is 0 Å². The summed E-state index contributed by atoms with van der Waals surface area (Å²) in [6.45, 7) is 11.6. The van der Waals surface area contributed by atoms with Gasteiger partial charge < -0.3 is 20.0 Å². The fourth-order valence-electron chi connectivity index (χ4n) is 11.2. The van der Waals surface area contributed by atoms with E-state index in [9.17, 15) is 19.8 Å². The molecule has 4 aliphatic carbocycles. The van der Waals surface area contributed by atoms with Crippen LogP contribution >= 0.6 is 0 Å². The molecule has 6 heteroatoms. The maximum absolute atomic E-state index is 13.3. The lowest BCUT2D eigenvalue weighted by atomic mass is 9.43. The van der Waals surface area contributed by atoms with Gasteiger partial charge >= 0.3 is 0 Å². The smallest absolute Gasteiger partial charge is 0.249 e. The summed E-state index contributed by atoms with van der Waals surface area (Å²) in [5.41, 5.74) is 2.25. The van der Waals surface area contributed by atoms with Crippen LogP contribution in [0.5, 0.6) is 0 Å². The van der Waals surface area contributed by atoms with Crippen molar-refractivity contribution in [2.75, 3.05) is 26.2 Å². The van der Waals surface area contributed by atoms with Crippen LogP contribution in [0.15, 0.2) is 35.9 Å². The number of aliphatic hydroxyl groups is 2. The number of amides is 2. The Balaban J connectivity index is 1.01. The van der Waals surface area contributed by atoms with Gasteiger partial charge in [-0.15, -0.1) is 0 Å². The largest absolute Gasteiger partial charge is 0.393 e. The zero-order chi connectivity index (χ0) is 31.2. The SMILES string of the molecule is C/C(=C\c1ccccc1)C(=O)N1CCN(C(=O)CC[C@@H](C)[C@H]2CC[C@H]3[C@@H]4[C@@H](O)C[C@@H]5C[C@H](O)CC[C@]5(C)[C@H]4CC[C@]23C)CC1. The van der Waals surface area contributed by atoms with Crippen LogP contribution in [0, 0.1) is 46.3 Å². The first-order chi connectivity index (χ1) is 21.0. The molecule has 6 rings (SSSR count). The first-order valence-corrected chi connectivity index (χ1v) is 17.7. The van der Waals surface area contributed by atoms with Crippen molar-refractivity contribution in [2.45, 2.75) is 104 Å². The highest BCUT2D eigenvalue weighted by molar-refractivity contribution is 5.97. The minimum atomic E-state index is -0.244. The van der Waals surface area contributed by atoms with Gasteiger partial charge in [-0.1, -0.05) is 51.1 Å². The quantitative estimate of drug-likeness (QED) is 0.381. The Labute approximate surface area is 265 Å². The Morgan fingerprint density at radius 1 is 0.909 bits per heavy atom. The van der Waals surface area contributed by atoms with E-state index in [0.29, 0.717) is 68.1 Å². The highest BCUT2D eigenvalue weighted by Gasteiger charge is 2.62. The summed E-state index contributed by atoms with van der Waals surface area (Å²) in [5, 5.41) is 21.9. The summed E-state index contributed by atoms with van der Waals surface area (Å²) in [7, 11) is 0. The van der Waals surface area contributed by atoms with Gasteiger partial charge in [-0.2, -0.15) is 0 Å². The van der Waals surface area contributed by atoms with Gasteiger partial charge in [0.15, 0.2) is 0 Å². The average Bonchev–Trinajstić information content (AvgIpc) is 3.38. The topological polar surface area (TPSA) is 81.1 Å². The minimum Gasteiger partial charge on any atom is -0.393 e. The lowest BCUT2D eigenvalue weighted by molar-refractivity contribution is -0.174. The maximum Gasteiger partial charge on any atom is 0.249 e. The van der Waals surface area contributed by atoms with Crippen molar-refractivity contribution >= 4 is 17.9 Å². The summed E-state index contributed by atoms with van der Waals surface area (Å²) in [5.74, 6) is 3.33. The number of piperazine rings is 1. The zero-order valence-corrected chi connectivity index (χ0v) is 27.6. The van der Waals surface area contributed by atoms with Gasteiger partial charge in [0.05, 0.1) is 12.2 Å². The number of carbonyl (C=O) groups is 2. The molecule has 44 heavy (non-hydrogen) atoms. The second kappa shape index (κ2) is 12.5. The summed E-state index contributed by atoms with van der Waals surface area (Å²) in [6, 6.07) is 9.93. The molecular weight excluding hydrogens is 548 g/mol. The molecule has 5 fully saturated rings. The number of hydrogen-bond donors (Lipinski definition) is 2. The molecule has 1 saturated heterocycles. The second-order valence-electron chi connectivity index (χ2n) is 15.9. The molecule has 0 radical (unpaired) electrons. The molecule has 0 bridgehead atoms. The van der Waals surface area contributed by atoms with Crippen molar-refractivity contribution in [1.29, 1.82) is 0 Å². The standard InChI is InChI=1S/C38H56N2O4/c1-25(10-13-34(43)39-18-20-40(21-19-39)36(44)26(2)22-27-8-6-5-7-9-27)30-11-12-31-35-32(15-17-38(30,31)4)37(3)16-14-29(41)23-28(37)24-33(35)42/h5-9,22,25,28-33,35,41-42H,10-21,23-24H2,1-4H3/b26-22+/t25-,28+,29-,30-,31+,32+,33+,35+,37+,38-/m1/s1. The molecule has 1 aliphatic heterocycles. The first-order valence-electron chi connectivity index (χ1n) is 17.7. The molecule has 1 heterocycles. The van der Waals surface area contributed by atoms with Crippen molar-refractivity contribution < 1.29 is 19.8 Å². The van der Waals surface area contributed by atoms with Gasteiger partial charge in [0, 0.05) is 38.2 Å². The number of benzene rings is 1. The third kappa shape index (κ3) is 5.79. The number of nitrogens with zero attached hydrogens (tertiary/aromatic N) is 2. The molecule has 4 saturated carbocycles. The van der Waals surface area contributed by atoms with E-state index in [0.717, 1.165) is 43.2 Å². The van der Waals surface area contributed by atoms with E-state index in [1.807, 2.05) is 53.1 Å². The van der Waals surface area contributed by atoms with Gasteiger partial charge in [0.25, 0.3) is 0 Å². The molecule has 5 aliphatic rings. The molecule has 2 N–H and O–H groups in total. The summed E-state index contributed by atoms with van der Waals surface area (Å²) < 4.78 is 0. The van der Waals surface area contributed by atoms with E-state index in [-0.39, 0.29) is 34.9 Å². The van der Waals surface area contributed by atoms with Gasteiger partial charge in [-0.3, -0.25) is 9.59 Å². The van der Waals surface area contributed by atoms with Crippen LogP contribution in [0.3, 0.4) is 0 Å². The van der Waals surface area contributed by atoms with E-state index in [1.54, 1.807) is 0 Å². The number of rotatable bonds is 6. The summed E-state index contributed by atoms with van der Waals surface area (Å²) in [6.07, 6.45) is 11.6. The predicted octanol–water partition coefficient (Wildman–Crippen LogP) is 6.17. The van der Waals surface area contributed by atoms with Crippen LogP contribution in [-0.2, 0) is 9.59 Å². The zero-order valence-electron chi connectivity index (χ0n) is 27.6. The van der Waals surface area contributed by atoms with Crippen LogP contribution in [0.4, 0.5) is 0 Å². The van der Waals surface area contributed by atoms with Crippen LogP contribution in [0.25, 0.3) is 6.08 Å². The Hall–Kier alpha value is -2.18. The van der Waals surface area contributed by atoms with Gasteiger partial charge in [-0.25, -0.2) is 0 Å². The highest BCUT2D eigenvalue weighted by Crippen LogP contribution is 2.68. The van der Waals surface area contributed by atoms with Crippen molar-refractivity contribution in [1.82, 2.24) is 9.80 Å². The van der Waals surface area contributed by atoms with Gasteiger partial charge in [-0.05, 0) is 123 Å². The molecule has 0 unspecified atom stereocenters. The minimum absolute atomic E-state index is 0.0574. The molecule has 10 atom stereocenters. The van der Waals surface area contributed by atoms with E-state index in [4.69, 9.17) is 0 Å². The molecule has 2 amide bonds. The lowest BCUT2D eigenvalue weighted by Crippen LogP contribution is -2.58. The Bertz CT molecular complexity index is 1220. The average molecular weight is 605 g/mol. The number of hydrogen-bond acceptors (Lipinski definition) is 4. The highest BCUT2D eigenvalue weighted by atomic mass is 16.3. The lowest BCUT2D eigenvalue weighted by Gasteiger charge is -2.62. The molecule has 6 nitrogen and oxygen atoms in total. The number of aliphatic hydroxyl groups excluding tert-OH is 2. The summed E-state index contributed by atoms with van der Waals surface area (Å²) >= 11 is 0. The van der Waals surface area contributed by atoms with Crippen LogP contribution in [-0.4, -0.2) is 70.2 Å². The van der Waals surface area contributed by atoms with E-state index in [2.05, 4.69) is 20.8 Å². The molecular formula is C38H56N2O4. The fraction of sp³-hybridized carbons (Fsp3) is 0.737. The van der Waals surface area contributed by atoms with Gasteiger partial charge in [0.2, 0.25) is 11.8 Å². The molecule has 0 aromatic heterocycles. The number of fused-ring (bicyclic) bond motifs is 5. The van der Waals surface area contributed by atoms with Crippen molar-refractivity contribution in [2.24, 2.45) is 46.3 Å². The third-order valence-corrected chi connectivity index (χ3v) is 13.7. The second-order valence-corrected chi connectivity index (χ2v) is 15.9. The van der Waals surface area contributed by atoms with Gasteiger partial charge in [0.1, 0.15) is 0 Å². The van der Waals surface area contributed by atoms with Crippen LogP contribution in [0.2, 0.25) is 0 Å². The normalized spacial score (nSPS) is 39.7. The maximum atomic E-state index is 13.3. The van der Waals surface area contributed by atoms with E-state index < -0.39 is 0 Å². The van der Waals surface area contributed by atoms with Crippen molar-refractivity contribution in [3.05, 3.63) is 41.5 Å². The molecule has 0 spiro atoms. The Kier molecular flexibility index (Phi) is 9.07. The third-order valence-electron chi connectivity index (χ3n) is 13.7.